The molecular formula is C17H20N4O3. The van der Waals surface area contributed by atoms with E-state index < -0.39 is 6.04 Å². The Kier molecular flexibility index (Phi) is 4.88. The summed E-state index contributed by atoms with van der Waals surface area (Å²) in [5.74, 6) is 0.635. The van der Waals surface area contributed by atoms with Gasteiger partial charge in [0.1, 0.15) is 6.04 Å². The summed E-state index contributed by atoms with van der Waals surface area (Å²) in [4.78, 5) is 29.8. The highest BCUT2D eigenvalue weighted by molar-refractivity contribution is 5.85. The fraction of sp³-hybridized carbons (Fsp3) is 0.412. The number of aromatic nitrogens is 2. The molecule has 2 heterocycles. The number of benzene rings is 1. The van der Waals surface area contributed by atoms with Crippen molar-refractivity contribution in [3.05, 3.63) is 36.2 Å². The van der Waals surface area contributed by atoms with Crippen molar-refractivity contribution < 1.29 is 14.1 Å². The summed E-state index contributed by atoms with van der Waals surface area (Å²) >= 11 is 0. The number of nitrogens with zero attached hydrogens (tertiary/aromatic N) is 3. The minimum atomic E-state index is -0.414. The quantitative estimate of drug-likeness (QED) is 0.906. The molecule has 1 N–H and O–H groups in total. The lowest BCUT2D eigenvalue weighted by Crippen LogP contribution is -2.43. The van der Waals surface area contributed by atoms with Crippen molar-refractivity contribution in [1.29, 1.82) is 0 Å². The smallest absolute Gasteiger partial charge is 0.249 e. The fourth-order valence-corrected chi connectivity index (χ4v) is 2.67. The van der Waals surface area contributed by atoms with Crippen LogP contribution in [-0.2, 0) is 9.59 Å². The normalized spacial score (nSPS) is 16.0. The van der Waals surface area contributed by atoms with Crippen LogP contribution in [0.1, 0.15) is 38.1 Å². The Morgan fingerprint density at radius 3 is 2.88 bits per heavy atom. The van der Waals surface area contributed by atoms with Gasteiger partial charge >= 0.3 is 0 Å². The first-order valence-electron chi connectivity index (χ1n) is 8.09. The highest BCUT2D eigenvalue weighted by Crippen LogP contribution is 2.18. The van der Waals surface area contributed by atoms with E-state index in [1.54, 1.807) is 11.8 Å². The van der Waals surface area contributed by atoms with E-state index in [9.17, 15) is 9.59 Å². The number of likely N-dealkylation sites (tertiary alicyclic amines) is 1. The topological polar surface area (TPSA) is 88.3 Å². The zero-order valence-electron chi connectivity index (χ0n) is 13.6. The number of carbonyl (C=O) groups excluding carboxylic acids is 2. The lowest BCUT2D eigenvalue weighted by atomic mass is 10.1. The standard InChI is InChI=1S/C17H20N4O3/c1-12(18-14(22)11-21-10-6-5-9-15(21)23)17-19-16(20-24-17)13-7-3-2-4-8-13/h2-4,7-8,12H,5-6,9-11H2,1H3,(H,18,22)/t12-/m1/s1. The molecule has 1 aromatic carbocycles. The van der Waals surface area contributed by atoms with Crippen LogP contribution in [0.5, 0.6) is 0 Å². The Morgan fingerprint density at radius 2 is 2.12 bits per heavy atom. The van der Waals surface area contributed by atoms with E-state index in [2.05, 4.69) is 15.5 Å². The van der Waals surface area contributed by atoms with Crippen molar-refractivity contribution in [2.45, 2.75) is 32.2 Å². The van der Waals surface area contributed by atoms with Crippen LogP contribution in [0.2, 0.25) is 0 Å². The van der Waals surface area contributed by atoms with Gasteiger partial charge < -0.3 is 14.7 Å². The summed E-state index contributed by atoms with van der Waals surface area (Å²) in [5, 5.41) is 6.74. The van der Waals surface area contributed by atoms with Crippen LogP contribution < -0.4 is 5.32 Å². The number of amides is 2. The number of hydrogen-bond donors (Lipinski definition) is 1. The highest BCUT2D eigenvalue weighted by atomic mass is 16.5. The van der Waals surface area contributed by atoms with Crippen LogP contribution >= 0.6 is 0 Å². The first-order chi connectivity index (χ1) is 11.6. The van der Waals surface area contributed by atoms with Crippen LogP contribution in [0, 0.1) is 0 Å². The molecule has 1 fully saturated rings. The maximum Gasteiger partial charge on any atom is 0.249 e. The molecule has 3 rings (SSSR count). The number of hydrogen-bond acceptors (Lipinski definition) is 5. The fourth-order valence-electron chi connectivity index (χ4n) is 2.67. The number of rotatable bonds is 5. The molecule has 7 heteroatoms. The van der Waals surface area contributed by atoms with Crippen molar-refractivity contribution in [2.24, 2.45) is 0 Å². The molecule has 24 heavy (non-hydrogen) atoms. The van der Waals surface area contributed by atoms with Gasteiger partial charge in [0.05, 0.1) is 6.54 Å². The molecule has 1 atom stereocenters. The third-order valence-electron chi connectivity index (χ3n) is 3.98. The lowest BCUT2D eigenvalue weighted by Gasteiger charge is -2.26. The van der Waals surface area contributed by atoms with Crippen molar-refractivity contribution in [1.82, 2.24) is 20.4 Å². The van der Waals surface area contributed by atoms with Crippen molar-refractivity contribution >= 4 is 11.8 Å². The van der Waals surface area contributed by atoms with E-state index in [1.165, 1.54) is 0 Å². The average Bonchev–Trinajstić information content (AvgIpc) is 3.08. The summed E-state index contributed by atoms with van der Waals surface area (Å²) in [7, 11) is 0. The molecule has 0 aliphatic carbocycles. The Labute approximate surface area is 140 Å². The molecule has 1 aliphatic rings. The zero-order chi connectivity index (χ0) is 16.9. The first-order valence-corrected chi connectivity index (χ1v) is 8.09. The molecule has 2 aromatic rings. The van der Waals surface area contributed by atoms with Crippen molar-refractivity contribution in [3.8, 4) is 11.4 Å². The molecule has 0 spiro atoms. The van der Waals surface area contributed by atoms with Crippen LogP contribution in [0.3, 0.4) is 0 Å². The zero-order valence-corrected chi connectivity index (χ0v) is 13.6. The van der Waals surface area contributed by atoms with Crippen LogP contribution in [0.25, 0.3) is 11.4 Å². The maximum absolute atomic E-state index is 12.1. The van der Waals surface area contributed by atoms with E-state index in [4.69, 9.17) is 4.52 Å². The third-order valence-corrected chi connectivity index (χ3v) is 3.98. The minimum absolute atomic E-state index is 0.0354. The number of carbonyl (C=O) groups is 2. The van der Waals surface area contributed by atoms with Gasteiger partial charge in [0.25, 0.3) is 0 Å². The third kappa shape index (κ3) is 3.79. The lowest BCUT2D eigenvalue weighted by molar-refractivity contribution is -0.138. The molecule has 1 saturated heterocycles. The molecule has 1 aliphatic heterocycles. The van der Waals surface area contributed by atoms with Crippen LogP contribution in [0.4, 0.5) is 0 Å². The summed E-state index contributed by atoms with van der Waals surface area (Å²) < 4.78 is 5.24. The molecular weight excluding hydrogens is 308 g/mol. The SMILES string of the molecule is C[C@@H](NC(=O)CN1CCCCC1=O)c1nc(-c2ccccc2)no1. The molecule has 1 aromatic heterocycles. The average molecular weight is 328 g/mol. The van der Waals surface area contributed by atoms with Gasteiger partial charge in [0.15, 0.2) is 0 Å². The van der Waals surface area contributed by atoms with E-state index in [0.29, 0.717) is 24.7 Å². The largest absolute Gasteiger partial charge is 0.343 e. The van der Waals surface area contributed by atoms with Gasteiger partial charge in [-0.1, -0.05) is 35.5 Å². The second-order valence-electron chi connectivity index (χ2n) is 5.88. The predicted octanol–water partition coefficient (Wildman–Crippen LogP) is 1.93. The second kappa shape index (κ2) is 7.25. The number of piperidine rings is 1. The van der Waals surface area contributed by atoms with Crippen LogP contribution in [0.15, 0.2) is 34.9 Å². The maximum atomic E-state index is 12.1. The Morgan fingerprint density at radius 1 is 1.33 bits per heavy atom. The van der Waals surface area contributed by atoms with Crippen molar-refractivity contribution in [2.75, 3.05) is 13.1 Å². The van der Waals surface area contributed by atoms with E-state index >= 15 is 0 Å². The van der Waals surface area contributed by atoms with Gasteiger partial charge in [-0.2, -0.15) is 4.98 Å². The molecule has 0 saturated carbocycles. The summed E-state index contributed by atoms with van der Waals surface area (Å²) in [6.45, 7) is 2.49. The van der Waals surface area contributed by atoms with Gasteiger partial charge in [-0.15, -0.1) is 0 Å². The Hall–Kier alpha value is -2.70. The minimum Gasteiger partial charge on any atom is -0.343 e. The van der Waals surface area contributed by atoms with E-state index in [1.807, 2.05) is 30.3 Å². The van der Waals surface area contributed by atoms with Gasteiger partial charge in [-0.05, 0) is 19.8 Å². The molecule has 0 radical (unpaired) electrons. The summed E-state index contributed by atoms with van der Waals surface area (Å²) in [5.41, 5.74) is 0.852. The molecule has 126 valence electrons. The van der Waals surface area contributed by atoms with Gasteiger partial charge in [0.2, 0.25) is 23.5 Å². The van der Waals surface area contributed by atoms with Gasteiger partial charge in [-0.3, -0.25) is 9.59 Å². The van der Waals surface area contributed by atoms with Gasteiger partial charge in [-0.25, -0.2) is 0 Å². The molecule has 7 nitrogen and oxygen atoms in total. The van der Waals surface area contributed by atoms with Crippen LogP contribution in [-0.4, -0.2) is 39.9 Å². The first kappa shape index (κ1) is 16.2. The monoisotopic (exact) mass is 328 g/mol. The molecule has 0 bridgehead atoms. The second-order valence-corrected chi connectivity index (χ2v) is 5.88. The number of nitrogens with one attached hydrogen (secondary N) is 1. The summed E-state index contributed by atoms with van der Waals surface area (Å²) in [6, 6.07) is 9.07. The van der Waals surface area contributed by atoms with Gasteiger partial charge in [0, 0.05) is 18.5 Å². The molecule has 0 unspecified atom stereocenters. The summed E-state index contributed by atoms with van der Waals surface area (Å²) in [6.07, 6.45) is 2.36. The van der Waals surface area contributed by atoms with Crippen molar-refractivity contribution in [3.63, 3.8) is 0 Å². The predicted molar refractivity (Wildman–Crippen MR) is 86.7 cm³/mol. The Bertz CT molecular complexity index is 714. The highest BCUT2D eigenvalue weighted by Gasteiger charge is 2.22. The molecule has 2 amide bonds. The Balaban J connectivity index is 1.58. The van der Waals surface area contributed by atoms with E-state index in [0.717, 1.165) is 18.4 Å². The van der Waals surface area contributed by atoms with E-state index in [-0.39, 0.29) is 18.4 Å².